The number of carboxylic acids is 3. The Morgan fingerprint density at radius 3 is 2.46 bits per heavy atom. The van der Waals surface area contributed by atoms with E-state index >= 15 is 0 Å². The molecule has 0 radical (unpaired) electrons. The molecule has 1 aliphatic carbocycles. The molecule has 5 rings (SSSR count). The number of benzene rings is 3. The van der Waals surface area contributed by atoms with E-state index in [0.29, 0.717) is 66.1 Å². The summed E-state index contributed by atoms with van der Waals surface area (Å²) in [6.07, 6.45) is 3.25. The fourth-order valence-corrected chi connectivity index (χ4v) is 6.36. The largest absolute Gasteiger partial charge is 0.480 e. The van der Waals surface area contributed by atoms with E-state index in [2.05, 4.69) is 10.2 Å². The van der Waals surface area contributed by atoms with E-state index in [-0.39, 0.29) is 29.7 Å². The van der Waals surface area contributed by atoms with Crippen LogP contribution in [0.4, 0.5) is 5.69 Å². The lowest BCUT2D eigenvalue weighted by Gasteiger charge is -2.38. The Morgan fingerprint density at radius 2 is 1.71 bits per heavy atom. The number of rotatable bonds is 16. The predicted molar refractivity (Wildman–Crippen MR) is 182 cm³/mol. The van der Waals surface area contributed by atoms with E-state index in [0.717, 1.165) is 38.0 Å². The van der Waals surface area contributed by atoms with Crippen molar-refractivity contribution in [1.29, 1.82) is 0 Å². The molecule has 0 bridgehead atoms. The number of nitrogens with one attached hydrogen (secondary N) is 1. The maximum atomic E-state index is 12.5. The summed E-state index contributed by atoms with van der Waals surface area (Å²) < 4.78 is 12.3. The van der Waals surface area contributed by atoms with Crippen LogP contribution >= 0.6 is 11.6 Å². The summed E-state index contributed by atoms with van der Waals surface area (Å²) in [5.41, 5.74) is 2.79. The number of anilines is 1. The molecule has 0 saturated carbocycles. The summed E-state index contributed by atoms with van der Waals surface area (Å²) in [5.74, 6) is -2.85. The van der Waals surface area contributed by atoms with Gasteiger partial charge >= 0.3 is 17.9 Å². The van der Waals surface area contributed by atoms with E-state index in [1.807, 2.05) is 18.2 Å². The molecule has 2 aromatic rings. The van der Waals surface area contributed by atoms with Gasteiger partial charge in [-0.15, -0.1) is 0 Å². The second kappa shape index (κ2) is 16.1. The number of aromatic carboxylic acids is 1. The van der Waals surface area contributed by atoms with E-state index in [9.17, 15) is 24.3 Å². The number of nitrogens with zero attached hydrogens (tertiary/aromatic N) is 2. The van der Waals surface area contributed by atoms with Crippen molar-refractivity contribution in [3.8, 4) is 22.5 Å². The highest BCUT2D eigenvalue weighted by molar-refractivity contribution is 6.31. The first-order valence-corrected chi connectivity index (χ1v) is 16.2. The summed E-state index contributed by atoms with van der Waals surface area (Å²) in [4.78, 5) is 50.3. The SMILES string of the molecule is O=C(O)CN(CCCCCCOCC1CNCCN1c1ccc2c(-c3ccccc3C(=O)O)c3cc(Cl)c(=O)cc-3oc2c1)CC(=O)O. The van der Waals surface area contributed by atoms with Gasteiger partial charge < -0.3 is 34.7 Å². The number of aliphatic carboxylic acids is 2. The number of ether oxygens (including phenoxy) is 1. The highest BCUT2D eigenvalue weighted by Crippen LogP contribution is 2.43. The molecule has 1 fully saturated rings. The summed E-state index contributed by atoms with van der Waals surface area (Å²) >= 11 is 6.24. The van der Waals surface area contributed by atoms with Crippen molar-refractivity contribution in [2.75, 3.05) is 57.4 Å². The van der Waals surface area contributed by atoms with E-state index < -0.39 is 23.3 Å². The summed E-state index contributed by atoms with van der Waals surface area (Å²) in [6, 6.07) is 15.4. The third-order valence-corrected chi connectivity index (χ3v) is 8.70. The monoisotopic (exact) mass is 679 g/mol. The lowest BCUT2D eigenvalue weighted by atomic mass is 9.90. The zero-order valence-electron chi connectivity index (χ0n) is 26.3. The number of hydrogen-bond donors (Lipinski definition) is 4. The first-order valence-electron chi connectivity index (χ1n) is 15.9. The molecule has 2 aromatic carbocycles. The molecule has 3 aliphatic rings. The highest BCUT2D eigenvalue weighted by atomic mass is 35.5. The Morgan fingerprint density at radius 1 is 0.958 bits per heavy atom. The number of fused-ring (bicyclic) bond motifs is 2. The Hall–Kier alpha value is -4.49. The second-order valence-electron chi connectivity index (χ2n) is 11.8. The number of hydrogen-bond acceptors (Lipinski definition) is 9. The number of unbranched alkanes of at least 4 members (excludes halogenated alkanes) is 3. The zero-order chi connectivity index (χ0) is 34.2. The molecular weight excluding hydrogens is 642 g/mol. The Labute approximate surface area is 281 Å². The van der Waals surface area contributed by atoms with Gasteiger partial charge in [-0.05, 0) is 49.2 Å². The summed E-state index contributed by atoms with van der Waals surface area (Å²) in [7, 11) is 0. The molecule has 12 nitrogen and oxygen atoms in total. The van der Waals surface area contributed by atoms with Gasteiger partial charge in [-0.3, -0.25) is 19.3 Å². The zero-order valence-corrected chi connectivity index (χ0v) is 27.1. The molecule has 0 spiro atoms. The van der Waals surface area contributed by atoms with Gasteiger partial charge in [-0.25, -0.2) is 4.79 Å². The molecule has 4 N–H and O–H groups in total. The topological polar surface area (TPSA) is 170 Å². The molecule has 1 saturated heterocycles. The van der Waals surface area contributed by atoms with Crippen molar-refractivity contribution in [3.63, 3.8) is 0 Å². The van der Waals surface area contributed by atoms with Gasteiger partial charge in [0.2, 0.25) is 5.43 Å². The number of halogens is 1. The van der Waals surface area contributed by atoms with E-state index in [4.69, 9.17) is 31.0 Å². The van der Waals surface area contributed by atoms with Crippen LogP contribution < -0.4 is 15.6 Å². The first kappa shape index (κ1) is 34.8. The van der Waals surface area contributed by atoms with Crippen molar-refractivity contribution in [1.82, 2.24) is 10.2 Å². The maximum absolute atomic E-state index is 12.5. The first-order chi connectivity index (χ1) is 23.1. The van der Waals surface area contributed by atoms with Gasteiger partial charge in [0.15, 0.2) is 0 Å². The van der Waals surface area contributed by atoms with Crippen LogP contribution in [-0.2, 0) is 14.3 Å². The van der Waals surface area contributed by atoms with Crippen LogP contribution in [0.5, 0.6) is 0 Å². The van der Waals surface area contributed by atoms with Gasteiger partial charge in [-0.1, -0.05) is 42.6 Å². The maximum Gasteiger partial charge on any atom is 0.336 e. The van der Waals surface area contributed by atoms with Crippen LogP contribution in [0.25, 0.3) is 33.4 Å². The minimum atomic E-state index is -1.07. The van der Waals surface area contributed by atoms with Crippen LogP contribution in [0.2, 0.25) is 5.02 Å². The van der Waals surface area contributed by atoms with E-state index in [1.165, 1.54) is 17.0 Å². The lowest BCUT2D eigenvalue weighted by molar-refractivity contribution is -0.141. The van der Waals surface area contributed by atoms with Crippen LogP contribution in [0.15, 0.2) is 63.8 Å². The van der Waals surface area contributed by atoms with Crippen molar-refractivity contribution >= 4 is 46.2 Å². The third-order valence-electron chi connectivity index (χ3n) is 8.41. The van der Waals surface area contributed by atoms with Gasteiger partial charge in [0.25, 0.3) is 0 Å². The average molecular weight is 680 g/mol. The molecular formula is C35H38ClN3O9. The number of piperazine rings is 1. The fraction of sp³-hybridized carbons (Fsp3) is 0.371. The lowest BCUT2D eigenvalue weighted by Crippen LogP contribution is -2.53. The van der Waals surface area contributed by atoms with Crippen LogP contribution in [0.3, 0.4) is 0 Å². The minimum Gasteiger partial charge on any atom is -0.480 e. The average Bonchev–Trinajstić information content (AvgIpc) is 3.05. The molecule has 0 amide bonds. The Bertz CT molecular complexity index is 1790. The molecule has 2 aliphatic heterocycles. The standard InChI is InChI=1S/C35H38ClN3O9/c36-28-16-27-31(17-29(28)40)48-30-15-22(9-10-26(30)34(27)24-7-3-4-8-25(24)35(45)46)39-13-11-37-18-23(39)21-47-14-6-2-1-5-12-38(19-32(41)42)20-33(43)44/h3-4,7-10,15-17,23,37H,1-2,5-6,11-14,18-21H2,(H,41,42)(H,43,44)(H,45,46). The smallest absolute Gasteiger partial charge is 0.336 e. The molecule has 13 heteroatoms. The van der Waals surface area contributed by atoms with Crippen LogP contribution in [-0.4, -0.2) is 96.7 Å². The molecule has 0 aromatic heterocycles. The van der Waals surface area contributed by atoms with Crippen molar-refractivity contribution in [3.05, 3.63) is 75.4 Å². The van der Waals surface area contributed by atoms with Gasteiger partial charge in [-0.2, -0.15) is 0 Å². The van der Waals surface area contributed by atoms with Crippen molar-refractivity contribution in [2.24, 2.45) is 0 Å². The number of carboxylic acid groups (broad SMARTS) is 3. The third kappa shape index (κ3) is 8.50. The number of carbonyl (C=O) groups is 3. The summed E-state index contributed by atoms with van der Waals surface area (Å²) in [6.45, 7) is 3.09. The van der Waals surface area contributed by atoms with Gasteiger partial charge in [0.1, 0.15) is 11.3 Å². The Balaban J connectivity index is 1.28. The predicted octanol–water partition coefficient (Wildman–Crippen LogP) is 4.74. The van der Waals surface area contributed by atoms with Crippen molar-refractivity contribution in [2.45, 2.75) is 31.7 Å². The van der Waals surface area contributed by atoms with Gasteiger partial charge in [0, 0.05) is 60.6 Å². The Kier molecular flexibility index (Phi) is 11.7. The fourth-order valence-electron chi connectivity index (χ4n) is 6.20. The molecule has 2 heterocycles. The molecule has 1 atom stereocenters. The van der Waals surface area contributed by atoms with E-state index in [1.54, 1.807) is 24.3 Å². The molecule has 1 unspecified atom stereocenters. The second-order valence-corrected chi connectivity index (χ2v) is 12.2. The minimum absolute atomic E-state index is 0.0181. The highest BCUT2D eigenvalue weighted by Gasteiger charge is 2.26. The quantitative estimate of drug-likeness (QED) is 0.0949. The van der Waals surface area contributed by atoms with Gasteiger partial charge in [0.05, 0.1) is 36.3 Å². The molecule has 254 valence electrons. The summed E-state index contributed by atoms with van der Waals surface area (Å²) in [5, 5.41) is 32.1. The van der Waals surface area contributed by atoms with Crippen LogP contribution in [0, 0.1) is 0 Å². The van der Waals surface area contributed by atoms with Crippen LogP contribution in [0.1, 0.15) is 36.0 Å². The van der Waals surface area contributed by atoms with Crippen molar-refractivity contribution < 1.29 is 38.9 Å². The molecule has 48 heavy (non-hydrogen) atoms. The normalized spacial score (nSPS) is 15.0.